The van der Waals surface area contributed by atoms with E-state index in [1.54, 1.807) is 12.1 Å². The van der Waals surface area contributed by atoms with Crippen LogP contribution >= 0.6 is 0 Å². The number of ether oxygens (including phenoxy) is 2. The number of benzene rings is 1. The maximum absolute atomic E-state index is 13.8. The molecule has 0 fully saturated rings. The molecule has 0 aliphatic rings. The van der Waals surface area contributed by atoms with Gasteiger partial charge in [-0.05, 0) is 17.7 Å². The molecule has 5 heteroatoms. The summed E-state index contributed by atoms with van der Waals surface area (Å²) in [4.78, 5) is 11.1. The highest BCUT2D eigenvalue weighted by Crippen LogP contribution is 2.24. The van der Waals surface area contributed by atoms with Gasteiger partial charge in [-0.25, -0.2) is 4.39 Å². The average molecular weight is 227 g/mol. The van der Waals surface area contributed by atoms with Gasteiger partial charge in [0, 0.05) is 0 Å². The first-order chi connectivity index (χ1) is 7.60. The van der Waals surface area contributed by atoms with Gasteiger partial charge in [-0.2, -0.15) is 0 Å². The summed E-state index contributed by atoms with van der Waals surface area (Å²) in [6, 6.07) is 5.02. The van der Waals surface area contributed by atoms with E-state index < -0.39 is 18.2 Å². The Morgan fingerprint density at radius 2 is 2.12 bits per heavy atom. The Morgan fingerprint density at radius 1 is 1.44 bits per heavy atom. The van der Waals surface area contributed by atoms with Crippen LogP contribution in [0.15, 0.2) is 24.3 Å². The number of methoxy groups -OCH3 is 2. The molecule has 0 radical (unpaired) electrons. The van der Waals surface area contributed by atoms with E-state index in [1.165, 1.54) is 26.4 Å². The number of carbonyl (C=O) groups is 1. The minimum Gasteiger partial charge on any atom is -0.497 e. The molecule has 4 nitrogen and oxygen atoms in total. The van der Waals surface area contributed by atoms with Crippen LogP contribution in [0.5, 0.6) is 5.75 Å². The molecule has 16 heavy (non-hydrogen) atoms. The summed E-state index contributed by atoms with van der Waals surface area (Å²) in [7, 11) is 2.65. The van der Waals surface area contributed by atoms with Crippen molar-refractivity contribution in [2.24, 2.45) is 5.73 Å². The van der Waals surface area contributed by atoms with E-state index in [2.05, 4.69) is 4.74 Å². The van der Waals surface area contributed by atoms with Gasteiger partial charge in [0.15, 0.2) is 6.17 Å². The number of alkyl halides is 1. The molecule has 88 valence electrons. The molecule has 1 rings (SSSR count). The second kappa shape index (κ2) is 5.46. The smallest absolute Gasteiger partial charge is 0.326 e. The predicted molar refractivity (Wildman–Crippen MR) is 56.8 cm³/mol. The quantitative estimate of drug-likeness (QED) is 0.785. The van der Waals surface area contributed by atoms with E-state index in [1.807, 2.05) is 0 Å². The highest BCUT2D eigenvalue weighted by Gasteiger charge is 2.26. The molecule has 2 unspecified atom stereocenters. The van der Waals surface area contributed by atoms with E-state index in [9.17, 15) is 9.18 Å². The van der Waals surface area contributed by atoms with Crippen molar-refractivity contribution >= 4 is 5.97 Å². The van der Waals surface area contributed by atoms with Crippen molar-refractivity contribution in [3.8, 4) is 5.75 Å². The molecule has 0 spiro atoms. The van der Waals surface area contributed by atoms with E-state index in [0.29, 0.717) is 5.75 Å². The number of hydrogen-bond donors (Lipinski definition) is 1. The van der Waals surface area contributed by atoms with Gasteiger partial charge in [0.25, 0.3) is 0 Å². The van der Waals surface area contributed by atoms with Crippen molar-refractivity contribution in [2.45, 2.75) is 12.2 Å². The Balaban J connectivity index is 2.86. The van der Waals surface area contributed by atoms with Crippen molar-refractivity contribution in [3.05, 3.63) is 29.8 Å². The van der Waals surface area contributed by atoms with Crippen molar-refractivity contribution in [1.82, 2.24) is 0 Å². The predicted octanol–water partition coefficient (Wildman–Crippen LogP) is 1.21. The summed E-state index contributed by atoms with van der Waals surface area (Å²) < 4.78 is 23.1. The lowest BCUT2D eigenvalue weighted by molar-refractivity contribution is -0.143. The maximum Gasteiger partial charge on any atom is 0.326 e. The van der Waals surface area contributed by atoms with Crippen molar-refractivity contribution in [2.75, 3.05) is 14.2 Å². The Kier molecular flexibility index (Phi) is 4.25. The monoisotopic (exact) mass is 227 g/mol. The standard InChI is InChI=1S/C11H14FNO3/c1-15-8-5-3-4-7(6-8)9(12)10(13)11(14)16-2/h3-6,9-10H,13H2,1-2H3. The number of hydrogen-bond acceptors (Lipinski definition) is 4. The molecule has 2 atom stereocenters. The van der Waals surface area contributed by atoms with Crippen LogP contribution in [0.2, 0.25) is 0 Å². The molecular formula is C11H14FNO3. The molecule has 0 bridgehead atoms. The Labute approximate surface area is 93.2 Å². The highest BCUT2D eigenvalue weighted by atomic mass is 19.1. The number of rotatable bonds is 4. The van der Waals surface area contributed by atoms with Crippen LogP contribution < -0.4 is 10.5 Å². The van der Waals surface area contributed by atoms with Crippen LogP contribution in [-0.2, 0) is 9.53 Å². The van der Waals surface area contributed by atoms with Gasteiger partial charge in [0.1, 0.15) is 11.8 Å². The molecule has 2 N–H and O–H groups in total. The lowest BCUT2D eigenvalue weighted by atomic mass is 10.0. The number of esters is 1. The van der Waals surface area contributed by atoms with Gasteiger partial charge in [0.2, 0.25) is 0 Å². The topological polar surface area (TPSA) is 61.5 Å². The largest absolute Gasteiger partial charge is 0.497 e. The number of nitrogens with two attached hydrogens (primary N) is 1. The Hall–Kier alpha value is -1.62. The fourth-order valence-corrected chi connectivity index (χ4v) is 1.28. The first-order valence-corrected chi connectivity index (χ1v) is 4.71. The highest BCUT2D eigenvalue weighted by molar-refractivity contribution is 5.76. The Bertz CT molecular complexity index is 370. The zero-order chi connectivity index (χ0) is 12.1. The van der Waals surface area contributed by atoms with Gasteiger partial charge < -0.3 is 15.2 Å². The average Bonchev–Trinajstić information content (AvgIpc) is 2.36. The van der Waals surface area contributed by atoms with Crippen LogP contribution in [0.3, 0.4) is 0 Å². The van der Waals surface area contributed by atoms with Crippen LogP contribution in [0.25, 0.3) is 0 Å². The molecular weight excluding hydrogens is 213 g/mol. The van der Waals surface area contributed by atoms with E-state index in [4.69, 9.17) is 10.5 Å². The van der Waals surface area contributed by atoms with Gasteiger partial charge in [-0.3, -0.25) is 4.79 Å². The summed E-state index contributed by atoms with van der Waals surface area (Å²) in [5, 5.41) is 0. The number of carbonyl (C=O) groups excluding carboxylic acids is 1. The SMILES string of the molecule is COC(=O)C(N)C(F)c1cccc(OC)c1. The van der Waals surface area contributed by atoms with Crippen molar-refractivity contribution < 1.29 is 18.7 Å². The minimum absolute atomic E-state index is 0.289. The van der Waals surface area contributed by atoms with Crippen LogP contribution in [-0.4, -0.2) is 26.2 Å². The number of halogens is 1. The second-order valence-corrected chi connectivity index (χ2v) is 3.23. The fourth-order valence-electron chi connectivity index (χ4n) is 1.28. The van der Waals surface area contributed by atoms with Gasteiger partial charge in [-0.1, -0.05) is 12.1 Å². The first-order valence-electron chi connectivity index (χ1n) is 4.71. The summed E-state index contributed by atoms with van der Waals surface area (Å²) in [6.07, 6.45) is -1.61. The maximum atomic E-state index is 13.8. The molecule has 1 aromatic rings. The van der Waals surface area contributed by atoms with Crippen LogP contribution in [0.4, 0.5) is 4.39 Å². The molecule has 0 aliphatic carbocycles. The normalized spacial score (nSPS) is 14.0. The third-order valence-corrected chi connectivity index (χ3v) is 2.20. The molecule has 0 aliphatic heterocycles. The lowest BCUT2D eigenvalue weighted by Crippen LogP contribution is -2.35. The molecule has 0 amide bonds. The first kappa shape index (κ1) is 12.4. The third-order valence-electron chi connectivity index (χ3n) is 2.20. The molecule has 0 saturated heterocycles. The van der Waals surface area contributed by atoms with Crippen molar-refractivity contribution in [3.63, 3.8) is 0 Å². The van der Waals surface area contributed by atoms with E-state index in [-0.39, 0.29) is 5.56 Å². The minimum atomic E-state index is -1.61. The fraction of sp³-hybridized carbons (Fsp3) is 0.364. The molecule has 0 saturated carbocycles. The lowest BCUT2D eigenvalue weighted by Gasteiger charge is -2.15. The summed E-state index contributed by atoms with van der Waals surface area (Å²) in [6.45, 7) is 0. The third kappa shape index (κ3) is 2.70. The summed E-state index contributed by atoms with van der Waals surface area (Å²) in [5.41, 5.74) is 5.69. The summed E-state index contributed by atoms with van der Waals surface area (Å²) in [5.74, 6) is -0.271. The van der Waals surface area contributed by atoms with Gasteiger partial charge in [-0.15, -0.1) is 0 Å². The van der Waals surface area contributed by atoms with E-state index in [0.717, 1.165) is 0 Å². The molecule has 1 aromatic carbocycles. The van der Waals surface area contributed by atoms with Crippen LogP contribution in [0.1, 0.15) is 11.7 Å². The van der Waals surface area contributed by atoms with Crippen LogP contribution in [0, 0.1) is 0 Å². The molecule has 0 heterocycles. The Morgan fingerprint density at radius 3 is 2.69 bits per heavy atom. The zero-order valence-electron chi connectivity index (χ0n) is 9.14. The van der Waals surface area contributed by atoms with Crippen molar-refractivity contribution in [1.29, 1.82) is 0 Å². The second-order valence-electron chi connectivity index (χ2n) is 3.23. The molecule has 0 aromatic heterocycles. The van der Waals surface area contributed by atoms with E-state index >= 15 is 0 Å². The zero-order valence-corrected chi connectivity index (χ0v) is 9.14. The van der Waals surface area contributed by atoms with Gasteiger partial charge in [0.05, 0.1) is 14.2 Å². The van der Waals surface area contributed by atoms with Gasteiger partial charge >= 0.3 is 5.97 Å². The summed E-state index contributed by atoms with van der Waals surface area (Å²) >= 11 is 0.